The number of nitrogens with one attached hydrogen (secondary N) is 2. The van der Waals surface area contributed by atoms with Crippen LogP contribution in [0.25, 0.3) is 0 Å². The van der Waals surface area contributed by atoms with Crippen LogP contribution in [0, 0.1) is 0 Å². The minimum absolute atomic E-state index is 0.111. The van der Waals surface area contributed by atoms with E-state index in [1.165, 1.54) is 13.8 Å². The van der Waals surface area contributed by atoms with Gasteiger partial charge in [0.25, 0.3) is 0 Å². The largest absolute Gasteiger partial charge is 0.336 e. The second kappa shape index (κ2) is 7.35. The number of unbranched alkanes of at least 4 members (excludes halogenated alkanes) is 2. The van der Waals surface area contributed by atoms with E-state index in [4.69, 9.17) is 0 Å². The SMILES string of the molecule is CCCCCC(NC(C)=O)NC(C)=O. The van der Waals surface area contributed by atoms with E-state index in [1.54, 1.807) is 0 Å². The summed E-state index contributed by atoms with van der Waals surface area (Å²) in [4.78, 5) is 21.6. The number of rotatable bonds is 6. The second-order valence-corrected chi connectivity index (χ2v) is 3.45. The van der Waals surface area contributed by atoms with Crippen LogP contribution < -0.4 is 10.6 Å². The lowest BCUT2D eigenvalue weighted by molar-refractivity contribution is -0.122. The van der Waals surface area contributed by atoms with Crippen molar-refractivity contribution in [3.8, 4) is 0 Å². The normalized spacial score (nSPS) is 10.0. The van der Waals surface area contributed by atoms with Crippen LogP contribution in [-0.4, -0.2) is 18.0 Å². The Labute approximate surface area is 85.4 Å². The first-order valence-corrected chi connectivity index (χ1v) is 5.10. The fourth-order valence-corrected chi connectivity index (χ4v) is 1.27. The van der Waals surface area contributed by atoms with Gasteiger partial charge in [0.1, 0.15) is 6.17 Å². The molecule has 2 amide bonds. The number of hydrogen-bond acceptors (Lipinski definition) is 2. The summed E-state index contributed by atoms with van der Waals surface area (Å²) < 4.78 is 0. The van der Waals surface area contributed by atoms with Crippen molar-refractivity contribution < 1.29 is 9.59 Å². The summed E-state index contributed by atoms with van der Waals surface area (Å²) in [5, 5.41) is 5.40. The average Bonchev–Trinajstić information content (AvgIpc) is 2.02. The maximum absolute atomic E-state index is 10.8. The van der Waals surface area contributed by atoms with Crippen LogP contribution in [0.5, 0.6) is 0 Å². The molecule has 0 atom stereocenters. The standard InChI is InChI=1S/C10H20N2O2/c1-4-5-6-7-10(11-8(2)13)12-9(3)14/h10H,4-7H2,1-3H3,(H,11,13)(H,12,14). The van der Waals surface area contributed by atoms with E-state index in [-0.39, 0.29) is 18.0 Å². The van der Waals surface area contributed by atoms with E-state index in [1.807, 2.05) is 0 Å². The molecular formula is C10H20N2O2. The van der Waals surface area contributed by atoms with Gasteiger partial charge in [0.2, 0.25) is 11.8 Å². The highest BCUT2D eigenvalue weighted by Gasteiger charge is 2.09. The van der Waals surface area contributed by atoms with Crippen molar-refractivity contribution in [3.05, 3.63) is 0 Å². The van der Waals surface area contributed by atoms with Crippen LogP contribution >= 0.6 is 0 Å². The number of amides is 2. The predicted molar refractivity (Wildman–Crippen MR) is 55.6 cm³/mol. The fraction of sp³-hybridized carbons (Fsp3) is 0.800. The summed E-state index contributed by atoms with van der Waals surface area (Å²) >= 11 is 0. The lowest BCUT2D eigenvalue weighted by Crippen LogP contribution is -2.46. The Balaban J connectivity index is 3.84. The topological polar surface area (TPSA) is 58.2 Å². The predicted octanol–water partition coefficient (Wildman–Crippen LogP) is 1.17. The Hall–Kier alpha value is -1.06. The van der Waals surface area contributed by atoms with E-state index < -0.39 is 0 Å². The molecule has 0 aliphatic carbocycles. The molecule has 0 rings (SSSR count). The van der Waals surface area contributed by atoms with Crippen molar-refractivity contribution in [1.29, 1.82) is 0 Å². The summed E-state index contributed by atoms with van der Waals surface area (Å²) in [5.41, 5.74) is 0. The molecule has 0 aromatic rings. The smallest absolute Gasteiger partial charge is 0.218 e. The molecule has 82 valence electrons. The van der Waals surface area contributed by atoms with Gasteiger partial charge in [-0.3, -0.25) is 9.59 Å². The van der Waals surface area contributed by atoms with E-state index in [9.17, 15) is 9.59 Å². The number of hydrogen-bond donors (Lipinski definition) is 2. The molecule has 0 heterocycles. The van der Waals surface area contributed by atoms with Crippen LogP contribution in [0.15, 0.2) is 0 Å². The third-order valence-corrected chi connectivity index (χ3v) is 1.85. The van der Waals surface area contributed by atoms with Crippen molar-refractivity contribution >= 4 is 11.8 Å². The zero-order valence-electron chi connectivity index (χ0n) is 9.22. The van der Waals surface area contributed by atoms with Gasteiger partial charge in [-0.1, -0.05) is 19.8 Å². The molecule has 0 bridgehead atoms. The van der Waals surface area contributed by atoms with Crippen molar-refractivity contribution in [2.75, 3.05) is 0 Å². The van der Waals surface area contributed by atoms with Crippen LogP contribution in [-0.2, 0) is 9.59 Å². The van der Waals surface area contributed by atoms with Gasteiger partial charge in [0.05, 0.1) is 0 Å². The van der Waals surface area contributed by atoms with Gasteiger partial charge in [-0.05, 0) is 12.8 Å². The van der Waals surface area contributed by atoms with Crippen LogP contribution in [0.1, 0.15) is 46.5 Å². The summed E-state index contributed by atoms with van der Waals surface area (Å²) in [6.07, 6.45) is 3.86. The highest BCUT2D eigenvalue weighted by Crippen LogP contribution is 2.01. The molecule has 0 saturated carbocycles. The first kappa shape index (κ1) is 12.9. The van der Waals surface area contributed by atoms with Crippen molar-refractivity contribution in [2.45, 2.75) is 52.6 Å². The van der Waals surface area contributed by atoms with E-state index in [0.29, 0.717) is 0 Å². The van der Waals surface area contributed by atoms with Gasteiger partial charge in [0, 0.05) is 13.8 Å². The fourth-order valence-electron chi connectivity index (χ4n) is 1.27. The molecule has 0 aliphatic rings. The molecule has 0 radical (unpaired) electrons. The van der Waals surface area contributed by atoms with E-state index >= 15 is 0 Å². The lowest BCUT2D eigenvalue weighted by atomic mass is 10.1. The minimum Gasteiger partial charge on any atom is -0.336 e. The Morgan fingerprint density at radius 3 is 1.93 bits per heavy atom. The highest BCUT2D eigenvalue weighted by atomic mass is 16.2. The molecule has 0 fully saturated rings. The molecule has 0 unspecified atom stereocenters. The van der Waals surface area contributed by atoms with Gasteiger partial charge in [-0.25, -0.2) is 0 Å². The Morgan fingerprint density at radius 1 is 1.07 bits per heavy atom. The third kappa shape index (κ3) is 7.58. The summed E-state index contributed by atoms with van der Waals surface area (Å²) in [7, 11) is 0. The maximum atomic E-state index is 10.8. The maximum Gasteiger partial charge on any atom is 0.218 e. The molecule has 0 aromatic heterocycles. The van der Waals surface area contributed by atoms with Crippen molar-refractivity contribution in [3.63, 3.8) is 0 Å². The molecule has 4 nitrogen and oxygen atoms in total. The zero-order chi connectivity index (χ0) is 11.0. The number of carbonyl (C=O) groups excluding carboxylic acids is 2. The second-order valence-electron chi connectivity index (χ2n) is 3.45. The zero-order valence-corrected chi connectivity index (χ0v) is 9.22. The molecule has 0 spiro atoms. The van der Waals surface area contributed by atoms with Crippen molar-refractivity contribution in [2.24, 2.45) is 0 Å². The first-order valence-electron chi connectivity index (χ1n) is 5.10. The number of carbonyl (C=O) groups is 2. The van der Waals surface area contributed by atoms with Crippen LogP contribution in [0.4, 0.5) is 0 Å². The van der Waals surface area contributed by atoms with Crippen LogP contribution in [0.3, 0.4) is 0 Å². The van der Waals surface area contributed by atoms with Gasteiger partial charge in [-0.15, -0.1) is 0 Å². The Morgan fingerprint density at radius 2 is 1.57 bits per heavy atom. The quantitative estimate of drug-likeness (QED) is 0.499. The summed E-state index contributed by atoms with van der Waals surface area (Å²) in [6.45, 7) is 5.02. The molecule has 4 heteroatoms. The van der Waals surface area contributed by atoms with Gasteiger partial charge < -0.3 is 10.6 Å². The molecular weight excluding hydrogens is 180 g/mol. The molecule has 14 heavy (non-hydrogen) atoms. The van der Waals surface area contributed by atoms with Crippen LogP contribution in [0.2, 0.25) is 0 Å². The first-order chi connectivity index (χ1) is 6.56. The molecule has 0 saturated heterocycles. The summed E-state index contributed by atoms with van der Waals surface area (Å²) in [6, 6.07) is 0. The van der Waals surface area contributed by atoms with Gasteiger partial charge in [-0.2, -0.15) is 0 Å². The van der Waals surface area contributed by atoms with Gasteiger partial charge in [0.15, 0.2) is 0 Å². The Kier molecular flexibility index (Phi) is 6.80. The molecule has 2 N–H and O–H groups in total. The summed E-state index contributed by atoms with van der Waals surface area (Å²) in [5.74, 6) is -0.222. The van der Waals surface area contributed by atoms with Gasteiger partial charge >= 0.3 is 0 Å². The third-order valence-electron chi connectivity index (χ3n) is 1.85. The van der Waals surface area contributed by atoms with E-state index in [2.05, 4.69) is 17.6 Å². The lowest BCUT2D eigenvalue weighted by Gasteiger charge is -2.18. The molecule has 0 aromatic carbocycles. The highest BCUT2D eigenvalue weighted by molar-refractivity contribution is 5.76. The Bertz CT molecular complexity index is 177. The average molecular weight is 200 g/mol. The van der Waals surface area contributed by atoms with Crippen molar-refractivity contribution in [1.82, 2.24) is 10.6 Å². The molecule has 0 aliphatic heterocycles. The minimum atomic E-state index is -0.212. The van der Waals surface area contributed by atoms with E-state index in [0.717, 1.165) is 25.7 Å². The monoisotopic (exact) mass is 200 g/mol.